The lowest BCUT2D eigenvalue weighted by molar-refractivity contribution is -0.208. The average molecular weight is 468 g/mol. The number of esters is 3. The van der Waals surface area contributed by atoms with Crippen LogP contribution in [0.15, 0.2) is 0 Å². The molecule has 182 valence electrons. The predicted molar refractivity (Wildman–Crippen MR) is 107 cm³/mol. The molecule has 6 bridgehead atoms. The van der Waals surface area contributed by atoms with Gasteiger partial charge in [0.25, 0.3) is 0 Å². The van der Waals surface area contributed by atoms with Crippen LogP contribution in [0.1, 0.15) is 51.9 Å². The highest BCUT2D eigenvalue weighted by molar-refractivity contribution is 5.79. The largest absolute Gasteiger partial charge is 0.463 e. The van der Waals surface area contributed by atoms with E-state index in [4.69, 9.17) is 18.9 Å². The van der Waals surface area contributed by atoms with Crippen LogP contribution in [0.4, 0.5) is 8.78 Å². The van der Waals surface area contributed by atoms with Crippen LogP contribution in [0, 0.1) is 40.9 Å². The van der Waals surface area contributed by atoms with Gasteiger partial charge in [-0.2, -0.15) is 8.78 Å². The van der Waals surface area contributed by atoms with Gasteiger partial charge in [-0.1, -0.05) is 0 Å². The summed E-state index contributed by atoms with van der Waals surface area (Å²) in [4.78, 5) is 36.7. The number of ether oxygens (including phenoxy) is 4. The second-order valence-corrected chi connectivity index (χ2v) is 11.4. The number of fused-ring (bicyclic) bond motifs is 1. The normalized spacial score (nSPS) is 46.5. The number of hydrogen-bond acceptors (Lipinski definition) is 7. The summed E-state index contributed by atoms with van der Waals surface area (Å²) in [5.41, 5.74) is -0.616. The van der Waals surface area contributed by atoms with E-state index >= 15 is 0 Å². The predicted octanol–water partition coefficient (Wildman–Crippen LogP) is 2.89. The van der Waals surface area contributed by atoms with Gasteiger partial charge in [0, 0.05) is 12.8 Å². The van der Waals surface area contributed by atoms with Gasteiger partial charge in [0.15, 0.2) is 0 Å². The summed E-state index contributed by atoms with van der Waals surface area (Å²) in [7, 11) is 0. The van der Waals surface area contributed by atoms with E-state index < -0.39 is 23.4 Å². The van der Waals surface area contributed by atoms with Gasteiger partial charge in [-0.25, -0.2) is 4.79 Å². The Labute approximate surface area is 190 Å². The van der Waals surface area contributed by atoms with Crippen molar-refractivity contribution >= 4 is 17.9 Å². The zero-order valence-corrected chi connectivity index (χ0v) is 18.7. The van der Waals surface area contributed by atoms with Crippen LogP contribution < -0.4 is 0 Å². The molecule has 6 aliphatic carbocycles. The molecule has 9 heteroatoms. The summed E-state index contributed by atoms with van der Waals surface area (Å²) in [6, 6.07) is 0. The Bertz CT molecular complexity index is 853. The molecule has 0 spiro atoms. The molecular weight excluding hydrogens is 438 g/mol. The molecule has 1 aliphatic heterocycles. The molecule has 7 aliphatic rings. The Morgan fingerprint density at radius 1 is 1.03 bits per heavy atom. The minimum atomic E-state index is -3.51. The fourth-order valence-corrected chi connectivity index (χ4v) is 8.25. The maximum Gasteiger partial charge on any atom is 0.376 e. The number of alkyl halides is 2. The van der Waals surface area contributed by atoms with Gasteiger partial charge < -0.3 is 18.9 Å². The number of rotatable bonds is 7. The Morgan fingerprint density at radius 2 is 1.76 bits per heavy atom. The monoisotopic (exact) mass is 468 g/mol. The Morgan fingerprint density at radius 3 is 2.45 bits per heavy atom. The first kappa shape index (κ1) is 21.7. The van der Waals surface area contributed by atoms with Gasteiger partial charge in [-0.05, 0) is 68.6 Å². The maximum absolute atomic E-state index is 13.4. The molecule has 7 nitrogen and oxygen atoms in total. The van der Waals surface area contributed by atoms with Gasteiger partial charge in [-0.15, -0.1) is 0 Å². The van der Waals surface area contributed by atoms with Crippen molar-refractivity contribution in [3.8, 4) is 0 Å². The molecular formula is C24H30F2O7. The standard InChI is InChI=1S/C24H30F2O7/c1-23(25,26)21(28)33-17-13-4-11-5-14(17)10-24(8-11,9-13)22(29)31-3-2-30-18-12-6-15-16(7-12)20(27)32-19(15)18/h11-19H,2-10H2,1H3. The quantitative estimate of drug-likeness (QED) is 0.323. The number of carbonyl (C=O) groups is 3. The van der Waals surface area contributed by atoms with Crippen LogP contribution in [0.25, 0.3) is 0 Å². The van der Waals surface area contributed by atoms with Gasteiger partial charge in [-0.3, -0.25) is 9.59 Å². The minimum absolute atomic E-state index is 0.0421. The first-order chi connectivity index (χ1) is 15.6. The van der Waals surface area contributed by atoms with Crippen molar-refractivity contribution in [1.82, 2.24) is 0 Å². The second kappa shape index (κ2) is 7.36. The molecule has 7 fully saturated rings. The lowest BCUT2D eigenvalue weighted by Crippen LogP contribution is -2.58. The third kappa shape index (κ3) is 3.40. The van der Waals surface area contributed by atoms with E-state index in [1.165, 1.54) is 0 Å². The van der Waals surface area contributed by atoms with Crippen LogP contribution in [-0.4, -0.2) is 55.4 Å². The lowest BCUT2D eigenvalue weighted by atomic mass is 9.48. The molecule has 0 radical (unpaired) electrons. The molecule has 33 heavy (non-hydrogen) atoms. The topological polar surface area (TPSA) is 88.1 Å². The fourth-order valence-electron chi connectivity index (χ4n) is 8.25. The lowest BCUT2D eigenvalue weighted by Gasteiger charge is -2.57. The first-order valence-electron chi connectivity index (χ1n) is 12.2. The third-order valence-electron chi connectivity index (χ3n) is 9.26. The maximum atomic E-state index is 13.4. The number of carbonyl (C=O) groups excluding carboxylic acids is 3. The van der Waals surface area contributed by atoms with Crippen LogP contribution in [0.5, 0.6) is 0 Å². The molecule has 0 aromatic rings. The Hall–Kier alpha value is -1.77. The zero-order valence-electron chi connectivity index (χ0n) is 18.7. The summed E-state index contributed by atoms with van der Waals surface area (Å²) < 4.78 is 49.1. The molecule has 1 saturated heterocycles. The highest BCUT2D eigenvalue weighted by atomic mass is 19.3. The van der Waals surface area contributed by atoms with Crippen molar-refractivity contribution in [3.63, 3.8) is 0 Å². The second-order valence-electron chi connectivity index (χ2n) is 11.4. The van der Waals surface area contributed by atoms with Crippen molar-refractivity contribution in [2.24, 2.45) is 40.9 Å². The smallest absolute Gasteiger partial charge is 0.376 e. The molecule has 6 saturated carbocycles. The van der Waals surface area contributed by atoms with Crippen molar-refractivity contribution in [2.75, 3.05) is 13.2 Å². The zero-order chi connectivity index (χ0) is 23.1. The van der Waals surface area contributed by atoms with Gasteiger partial charge >= 0.3 is 23.8 Å². The van der Waals surface area contributed by atoms with Crippen LogP contribution in [-0.2, 0) is 33.3 Å². The Balaban J connectivity index is 1.02. The molecule has 7 rings (SSSR count). The number of hydrogen-bond donors (Lipinski definition) is 0. The number of halogens is 2. The van der Waals surface area contributed by atoms with Crippen molar-refractivity contribution < 1.29 is 42.1 Å². The molecule has 0 N–H and O–H groups in total. The van der Waals surface area contributed by atoms with E-state index in [1.807, 2.05) is 0 Å². The molecule has 0 aromatic heterocycles. The summed E-state index contributed by atoms with van der Waals surface area (Å²) in [5, 5.41) is 0. The summed E-state index contributed by atoms with van der Waals surface area (Å²) in [6.45, 7) is 0.952. The van der Waals surface area contributed by atoms with Crippen LogP contribution in [0.2, 0.25) is 0 Å². The SMILES string of the molecule is CC(F)(F)C(=O)OC1C2CC3CC1CC(C(=O)OCCOC1C4CC5C(=O)OC1C5C4)(C3)C2. The summed E-state index contributed by atoms with van der Waals surface area (Å²) >= 11 is 0. The van der Waals surface area contributed by atoms with E-state index in [9.17, 15) is 23.2 Å². The van der Waals surface area contributed by atoms with Gasteiger partial charge in [0.1, 0.15) is 18.8 Å². The molecule has 7 atom stereocenters. The molecule has 0 amide bonds. The first-order valence-corrected chi connectivity index (χ1v) is 12.2. The van der Waals surface area contributed by atoms with Crippen molar-refractivity contribution in [2.45, 2.75) is 76.1 Å². The molecule has 0 aromatic carbocycles. The van der Waals surface area contributed by atoms with Crippen LogP contribution >= 0.6 is 0 Å². The van der Waals surface area contributed by atoms with E-state index in [2.05, 4.69) is 0 Å². The fraction of sp³-hybridized carbons (Fsp3) is 0.875. The van der Waals surface area contributed by atoms with E-state index in [-0.39, 0.29) is 61.0 Å². The highest BCUT2D eigenvalue weighted by Crippen LogP contribution is 2.61. The minimum Gasteiger partial charge on any atom is -0.463 e. The summed E-state index contributed by atoms with van der Waals surface area (Å²) in [6.07, 6.45) is 4.36. The van der Waals surface area contributed by atoms with Crippen LogP contribution in [0.3, 0.4) is 0 Å². The van der Waals surface area contributed by atoms with E-state index in [0.29, 0.717) is 31.6 Å². The van der Waals surface area contributed by atoms with Crippen molar-refractivity contribution in [1.29, 1.82) is 0 Å². The van der Waals surface area contributed by atoms with E-state index in [1.54, 1.807) is 0 Å². The highest BCUT2D eigenvalue weighted by Gasteiger charge is 2.63. The van der Waals surface area contributed by atoms with E-state index in [0.717, 1.165) is 32.1 Å². The third-order valence-corrected chi connectivity index (χ3v) is 9.26. The average Bonchev–Trinajstić information content (AvgIpc) is 3.37. The molecule has 7 unspecified atom stereocenters. The van der Waals surface area contributed by atoms with Gasteiger partial charge in [0.2, 0.25) is 0 Å². The summed E-state index contributed by atoms with van der Waals surface area (Å²) in [5.74, 6) is -4.51. The van der Waals surface area contributed by atoms with Crippen molar-refractivity contribution in [3.05, 3.63) is 0 Å². The van der Waals surface area contributed by atoms with Gasteiger partial charge in [0.05, 0.1) is 24.0 Å². The molecule has 1 heterocycles. The Kier molecular flexibility index (Phi) is 4.85.